The Labute approximate surface area is 150 Å². The highest BCUT2D eigenvalue weighted by molar-refractivity contribution is 8.00. The van der Waals surface area contributed by atoms with E-state index < -0.39 is 5.97 Å². The van der Waals surface area contributed by atoms with Crippen molar-refractivity contribution in [2.24, 2.45) is 0 Å². The van der Waals surface area contributed by atoms with Gasteiger partial charge in [-0.1, -0.05) is 23.7 Å². The molecule has 24 heavy (non-hydrogen) atoms. The summed E-state index contributed by atoms with van der Waals surface area (Å²) in [5, 5.41) is 0.283. The second kappa shape index (κ2) is 7.90. The number of carbonyl (C=O) groups excluding carboxylic acids is 2. The minimum absolute atomic E-state index is 0.0731. The van der Waals surface area contributed by atoms with Gasteiger partial charge < -0.3 is 9.72 Å². The number of nitrogens with one attached hydrogen (secondary N) is 1. The molecule has 2 aromatic rings. The average molecular weight is 366 g/mol. The van der Waals surface area contributed by atoms with Gasteiger partial charge in [-0.15, -0.1) is 11.8 Å². The summed E-state index contributed by atoms with van der Waals surface area (Å²) in [6.07, 6.45) is 0. The molecule has 2 rings (SSSR count). The normalized spacial score (nSPS) is 12.0. The van der Waals surface area contributed by atoms with Crippen LogP contribution in [0.1, 0.15) is 46.0 Å². The van der Waals surface area contributed by atoms with Crippen molar-refractivity contribution in [3.8, 4) is 0 Å². The van der Waals surface area contributed by atoms with Crippen LogP contribution in [0, 0.1) is 13.8 Å². The number of rotatable bonds is 6. The van der Waals surface area contributed by atoms with Crippen molar-refractivity contribution in [2.45, 2.75) is 37.8 Å². The summed E-state index contributed by atoms with van der Waals surface area (Å²) in [5.41, 5.74) is 2.16. The number of aryl methyl sites for hydroxylation is 1. The fourth-order valence-electron chi connectivity index (χ4n) is 2.49. The summed E-state index contributed by atoms with van der Waals surface area (Å²) in [7, 11) is 0. The molecule has 0 aliphatic carbocycles. The predicted molar refractivity (Wildman–Crippen MR) is 97.3 cm³/mol. The number of hydrogen-bond acceptors (Lipinski definition) is 4. The number of ketones is 1. The number of H-pyrrole nitrogens is 1. The molecule has 1 N–H and O–H groups in total. The molecular weight excluding hydrogens is 346 g/mol. The van der Waals surface area contributed by atoms with Gasteiger partial charge in [-0.05, 0) is 45.4 Å². The molecule has 0 fully saturated rings. The number of Topliss-reactive ketones (excluding diaryl/α,β-unsaturated/α-hetero) is 1. The molecular formula is C18H20ClNO3S. The lowest BCUT2D eigenvalue weighted by Crippen LogP contribution is -2.15. The van der Waals surface area contributed by atoms with E-state index in [1.807, 2.05) is 25.1 Å². The Morgan fingerprint density at radius 1 is 1.29 bits per heavy atom. The van der Waals surface area contributed by atoms with Crippen molar-refractivity contribution in [3.05, 3.63) is 51.8 Å². The number of ether oxygens (including phenoxy) is 1. The van der Waals surface area contributed by atoms with E-state index in [2.05, 4.69) is 4.98 Å². The van der Waals surface area contributed by atoms with Crippen molar-refractivity contribution < 1.29 is 14.3 Å². The summed E-state index contributed by atoms with van der Waals surface area (Å²) in [6, 6.07) is 7.41. The largest absolute Gasteiger partial charge is 0.462 e. The molecule has 0 radical (unpaired) electrons. The van der Waals surface area contributed by atoms with E-state index in [4.69, 9.17) is 16.3 Å². The quantitative estimate of drug-likeness (QED) is 0.452. The number of thioether (sulfide) groups is 1. The van der Waals surface area contributed by atoms with Crippen LogP contribution in [0.5, 0.6) is 0 Å². The number of benzene rings is 1. The monoisotopic (exact) mass is 365 g/mol. The smallest absolute Gasteiger partial charge is 0.340 e. The molecule has 0 unspecified atom stereocenters. The van der Waals surface area contributed by atoms with Gasteiger partial charge in [0.2, 0.25) is 0 Å². The van der Waals surface area contributed by atoms with Crippen LogP contribution in [0.25, 0.3) is 0 Å². The number of aromatic amines is 1. The van der Waals surface area contributed by atoms with Crippen LogP contribution in [0.15, 0.2) is 29.2 Å². The topological polar surface area (TPSA) is 59.2 Å². The van der Waals surface area contributed by atoms with Gasteiger partial charge in [0.25, 0.3) is 0 Å². The number of halogens is 1. The maximum Gasteiger partial charge on any atom is 0.340 e. The molecule has 1 aromatic heterocycles. The fraction of sp³-hybridized carbons (Fsp3) is 0.333. The van der Waals surface area contributed by atoms with Gasteiger partial charge in [0.05, 0.1) is 28.1 Å². The standard InChI is InChI=1S/C18H20ClNO3S/c1-5-23-18(22)15-10(2)16(20-11(15)3)17(21)12(4)24-14-9-7-6-8-13(14)19/h6-9,12,20H,5H2,1-4H3/t12-/m1/s1. The van der Waals surface area contributed by atoms with Gasteiger partial charge in [-0.25, -0.2) is 4.79 Å². The summed E-state index contributed by atoms with van der Waals surface area (Å²) >= 11 is 7.55. The fourth-order valence-corrected chi connectivity index (χ4v) is 3.71. The number of hydrogen-bond donors (Lipinski definition) is 1. The SMILES string of the molecule is CCOC(=O)c1c(C)[nH]c(C(=O)[C@@H](C)Sc2ccccc2Cl)c1C. The summed E-state index contributed by atoms with van der Waals surface area (Å²) in [6.45, 7) is 7.41. The molecule has 0 saturated heterocycles. The van der Waals surface area contributed by atoms with Crippen LogP contribution >= 0.6 is 23.4 Å². The summed E-state index contributed by atoms with van der Waals surface area (Å²) < 4.78 is 5.06. The highest BCUT2D eigenvalue weighted by Crippen LogP contribution is 2.32. The van der Waals surface area contributed by atoms with E-state index in [1.54, 1.807) is 26.8 Å². The lowest BCUT2D eigenvalue weighted by atomic mass is 10.1. The molecule has 0 aliphatic heterocycles. The molecule has 128 valence electrons. The lowest BCUT2D eigenvalue weighted by Gasteiger charge is -2.11. The van der Waals surface area contributed by atoms with Gasteiger partial charge in [-0.2, -0.15) is 0 Å². The van der Waals surface area contributed by atoms with Crippen LogP contribution in [0.4, 0.5) is 0 Å². The minimum atomic E-state index is -0.408. The predicted octanol–water partition coefficient (Wildman–Crippen LogP) is 4.83. The van der Waals surface area contributed by atoms with E-state index in [1.165, 1.54) is 11.8 Å². The molecule has 0 spiro atoms. The Morgan fingerprint density at radius 2 is 1.96 bits per heavy atom. The van der Waals surface area contributed by atoms with Crippen molar-refractivity contribution in [2.75, 3.05) is 6.61 Å². The highest BCUT2D eigenvalue weighted by Gasteiger charge is 2.26. The van der Waals surface area contributed by atoms with E-state index in [0.29, 0.717) is 34.1 Å². The Balaban J connectivity index is 2.25. The first-order valence-corrected chi connectivity index (χ1v) is 8.94. The molecule has 0 saturated carbocycles. The van der Waals surface area contributed by atoms with E-state index >= 15 is 0 Å². The van der Waals surface area contributed by atoms with E-state index in [9.17, 15) is 9.59 Å². The zero-order valence-corrected chi connectivity index (χ0v) is 15.7. The summed E-state index contributed by atoms with van der Waals surface area (Å²) in [4.78, 5) is 28.7. The Bertz CT molecular complexity index is 770. The molecule has 1 atom stereocenters. The molecule has 0 amide bonds. The molecule has 4 nitrogen and oxygen atoms in total. The highest BCUT2D eigenvalue weighted by atomic mass is 35.5. The van der Waals surface area contributed by atoms with Crippen LogP contribution in [-0.2, 0) is 4.74 Å². The first-order chi connectivity index (χ1) is 11.4. The number of carbonyl (C=O) groups is 2. The van der Waals surface area contributed by atoms with Crippen LogP contribution < -0.4 is 0 Å². The van der Waals surface area contributed by atoms with Crippen molar-refractivity contribution in [1.29, 1.82) is 0 Å². The van der Waals surface area contributed by atoms with Crippen molar-refractivity contribution >= 4 is 35.1 Å². The minimum Gasteiger partial charge on any atom is -0.462 e. The van der Waals surface area contributed by atoms with Crippen LogP contribution in [0.3, 0.4) is 0 Å². The van der Waals surface area contributed by atoms with Gasteiger partial charge >= 0.3 is 5.97 Å². The second-order valence-electron chi connectivity index (χ2n) is 5.40. The van der Waals surface area contributed by atoms with Crippen LogP contribution in [0.2, 0.25) is 5.02 Å². The zero-order valence-electron chi connectivity index (χ0n) is 14.1. The maximum absolute atomic E-state index is 12.8. The zero-order chi connectivity index (χ0) is 17.9. The Kier molecular flexibility index (Phi) is 6.13. The van der Waals surface area contributed by atoms with Crippen molar-refractivity contribution in [1.82, 2.24) is 4.98 Å². The molecule has 0 aliphatic rings. The van der Waals surface area contributed by atoms with Gasteiger partial charge in [0.1, 0.15) is 0 Å². The number of aromatic nitrogens is 1. The summed E-state index contributed by atoms with van der Waals surface area (Å²) in [5.74, 6) is -0.481. The third kappa shape index (κ3) is 3.84. The maximum atomic E-state index is 12.8. The Hall–Kier alpha value is -1.72. The van der Waals surface area contributed by atoms with Crippen LogP contribution in [-0.4, -0.2) is 28.6 Å². The van der Waals surface area contributed by atoms with E-state index in [0.717, 1.165) is 4.90 Å². The second-order valence-corrected chi connectivity index (χ2v) is 7.19. The third-order valence-electron chi connectivity index (χ3n) is 3.67. The van der Waals surface area contributed by atoms with Gasteiger partial charge in [0, 0.05) is 10.6 Å². The molecule has 6 heteroatoms. The van der Waals surface area contributed by atoms with E-state index in [-0.39, 0.29) is 11.0 Å². The molecule has 0 bridgehead atoms. The average Bonchev–Trinajstić information content (AvgIpc) is 2.83. The van der Waals surface area contributed by atoms with Crippen molar-refractivity contribution in [3.63, 3.8) is 0 Å². The Morgan fingerprint density at radius 3 is 2.58 bits per heavy atom. The number of esters is 1. The molecule has 1 heterocycles. The third-order valence-corrected chi connectivity index (χ3v) is 5.29. The first-order valence-electron chi connectivity index (χ1n) is 7.68. The van der Waals surface area contributed by atoms with Gasteiger partial charge in [-0.3, -0.25) is 4.79 Å². The lowest BCUT2D eigenvalue weighted by molar-refractivity contribution is 0.0525. The molecule has 1 aromatic carbocycles. The first kappa shape index (κ1) is 18.6. The van der Waals surface area contributed by atoms with Gasteiger partial charge in [0.15, 0.2) is 5.78 Å².